The molecule has 1 saturated carbocycles. The van der Waals surface area contributed by atoms with E-state index in [0.717, 1.165) is 17.6 Å². The van der Waals surface area contributed by atoms with E-state index < -0.39 is 0 Å². The Morgan fingerprint density at radius 2 is 1.83 bits per heavy atom. The van der Waals surface area contributed by atoms with E-state index in [4.69, 9.17) is 0 Å². The van der Waals surface area contributed by atoms with Crippen LogP contribution in [0.3, 0.4) is 0 Å². The molecule has 122 valence electrons. The first-order chi connectivity index (χ1) is 11.2. The third-order valence-corrected chi connectivity index (χ3v) is 5.21. The van der Waals surface area contributed by atoms with Gasteiger partial charge in [0.25, 0.3) is 0 Å². The van der Waals surface area contributed by atoms with E-state index in [0.29, 0.717) is 12.5 Å². The zero-order valence-electron chi connectivity index (χ0n) is 13.8. The smallest absolute Gasteiger partial charge is 0.237 e. The molecule has 0 bridgehead atoms. The molecule has 0 N–H and O–H groups in total. The Kier molecular flexibility index (Phi) is 4.94. The summed E-state index contributed by atoms with van der Waals surface area (Å²) in [5.74, 6) is 0.284. The molecule has 0 saturated heterocycles. The number of hydrogen-bond donors (Lipinski definition) is 0. The fraction of sp³-hybridized carbons (Fsp3) is 0.500. The van der Waals surface area contributed by atoms with E-state index in [1.54, 1.807) is 0 Å². The largest absolute Gasteiger partial charge is 0.278 e. The minimum absolute atomic E-state index is 0.00979. The molecule has 1 unspecified atom stereocenters. The van der Waals surface area contributed by atoms with Crippen molar-refractivity contribution in [2.24, 2.45) is 11.8 Å². The topological polar surface area (TPSA) is 37.4 Å². The van der Waals surface area contributed by atoms with Crippen molar-refractivity contribution in [1.82, 2.24) is 4.90 Å². The molecule has 0 spiro atoms. The van der Waals surface area contributed by atoms with E-state index in [1.807, 2.05) is 18.2 Å². The van der Waals surface area contributed by atoms with Gasteiger partial charge in [-0.2, -0.15) is 0 Å². The summed E-state index contributed by atoms with van der Waals surface area (Å²) in [6.45, 7) is 1.89. The summed E-state index contributed by atoms with van der Waals surface area (Å²) in [7, 11) is 0. The van der Waals surface area contributed by atoms with Crippen molar-refractivity contribution in [3.63, 3.8) is 0 Å². The van der Waals surface area contributed by atoms with Crippen LogP contribution in [0.1, 0.15) is 51.0 Å². The summed E-state index contributed by atoms with van der Waals surface area (Å²) in [5, 5.41) is 0. The van der Waals surface area contributed by atoms with Gasteiger partial charge in [0.2, 0.25) is 11.8 Å². The van der Waals surface area contributed by atoms with Gasteiger partial charge in [-0.25, -0.2) is 0 Å². The van der Waals surface area contributed by atoms with Gasteiger partial charge in [0.1, 0.15) is 0 Å². The maximum Gasteiger partial charge on any atom is 0.237 e. The van der Waals surface area contributed by atoms with Crippen LogP contribution in [0.25, 0.3) is 5.57 Å². The van der Waals surface area contributed by atoms with Crippen molar-refractivity contribution < 1.29 is 9.59 Å². The van der Waals surface area contributed by atoms with Crippen molar-refractivity contribution in [1.29, 1.82) is 0 Å². The van der Waals surface area contributed by atoms with Crippen LogP contribution in [0, 0.1) is 11.8 Å². The van der Waals surface area contributed by atoms with Gasteiger partial charge in [-0.15, -0.1) is 0 Å². The molecule has 1 aromatic rings. The number of amides is 2. The van der Waals surface area contributed by atoms with Crippen LogP contribution in [0.2, 0.25) is 0 Å². The number of rotatable bonds is 3. The van der Waals surface area contributed by atoms with Gasteiger partial charge in [-0.1, -0.05) is 68.5 Å². The maximum atomic E-state index is 12.9. The summed E-state index contributed by atoms with van der Waals surface area (Å²) < 4.78 is 0. The zero-order chi connectivity index (χ0) is 16.2. The maximum absolute atomic E-state index is 12.9. The van der Waals surface area contributed by atoms with E-state index in [2.05, 4.69) is 18.2 Å². The van der Waals surface area contributed by atoms with E-state index in [1.165, 1.54) is 43.9 Å². The number of imide groups is 1. The molecule has 3 nitrogen and oxygen atoms in total. The van der Waals surface area contributed by atoms with Gasteiger partial charge in [0.15, 0.2) is 0 Å². The van der Waals surface area contributed by atoms with Crippen LogP contribution in [-0.2, 0) is 9.59 Å². The van der Waals surface area contributed by atoms with Crippen LogP contribution >= 0.6 is 0 Å². The van der Waals surface area contributed by atoms with Crippen molar-refractivity contribution in [3.05, 3.63) is 42.0 Å². The van der Waals surface area contributed by atoms with Crippen LogP contribution in [0.5, 0.6) is 0 Å². The second-order valence-corrected chi connectivity index (χ2v) is 6.79. The second kappa shape index (κ2) is 7.12. The molecule has 23 heavy (non-hydrogen) atoms. The SMILES string of the molecule is CC(=O)N1CC=C(c2ccccc2)C(CC2CCCCC2)C1=O. The summed E-state index contributed by atoms with van der Waals surface area (Å²) in [4.78, 5) is 26.1. The first-order valence-corrected chi connectivity index (χ1v) is 8.74. The van der Waals surface area contributed by atoms with Gasteiger partial charge in [-0.05, 0) is 23.5 Å². The van der Waals surface area contributed by atoms with Gasteiger partial charge in [-0.3, -0.25) is 14.5 Å². The molecule has 2 amide bonds. The third kappa shape index (κ3) is 3.54. The summed E-state index contributed by atoms with van der Waals surface area (Å²) >= 11 is 0. The average Bonchev–Trinajstić information content (AvgIpc) is 2.58. The van der Waals surface area contributed by atoms with Gasteiger partial charge >= 0.3 is 0 Å². The second-order valence-electron chi connectivity index (χ2n) is 6.79. The normalized spacial score (nSPS) is 22.8. The molecule has 1 heterocycles. The molecular weight excluding hydrogens is 286 g/mol. The Labute approximate surface area is 138 Å². The van der Waals surface area contributed by atoms with Crippen LogP contribution in [0.4, 0.5) is 0 Å². The van der Waals surface area contributed by atoms with E-state index in [-0.39, 0.29) is 17.7 Å². The molecule has 0 radical (unpaired) electrons. The average molecular weight is 311 g/mol. The number of hydrogen-bond acceptors (Lipinski definition) is 2. The van der Waals surface area contributed by atoms with Gasteiger partial charge in [0.05, 0.1) is 5.92 Å². The molecule has 3 heteroatoms. The fourth-order valence-electron chi connectivity index (χ4n) is 3.96. The highest BCUT2D eigenvalue weighted by Gasteiger charge is 2.35. The van der Waals surface area contributed by atoms with E-state index >= 15 is 0 Å². The molecule has 1 fully saturated rings. The first kappa shape index (κ1) is 16.0. The fourth-order valence-corrected chi connectivity index (χ4v) is 3.96. The lowest BCUT2D eigenvalue weighted by Gasteiger charge is -2.34. The highest BCUT2D eigenvalue weighted by atomic mass is 16.2. The lowest BCUT2D eigenvalue weighted by Crippen LogP contribution is -2.43. The standard InChI is InChI=1S/C20H25NO2/c1-15(22)21-13-12-18(17-10-6-3-7-11-17)19(20(21)23)14-16-8-4-2-5-9-16/h3,6-7,10-12,16,19H,2,4-5,8-9,13-14H2,1H3. The van der Waals surface area contributed by atoms with Crippen LogP contribution < -0.4 is 0 Å². The van der Waals surface area contributed by atoms with Crippen LogP contribution in [0.15, 0.2) is 36.4 Å². The molecule has 1 aromatic carbocycles. The molecule has 0 aromatic heterocycles. The minimum atomic E-state index is -0.168. The Morgan fingerprint density at radius 3 is 2.48 bits per heavy atom. The van der Waals surface area contributed by atoms with Gasteiger partial charge in [0, 0.05) is 13.5 Å². The van der Waals surface area contributed by atoms with Crippen LogP contribution in [-0.4, -0.2) is 23.3 Å². The Bertz CT molecular complexity index is 599. The molecular formula is C20H25NO2. The summed E-state index contributed by atoms with van der Waals surface area (Å²) in [6, 6.07) is 10.1. The number of nitrogens with zero attached hydrogens (tertiary/aromatic N) is 1. The van der Waals surface area contributed by atoms with Crippen molar-refractivity contribution in [2.45, 2.75) is 45.4 Å². The Morgan fingerprint density at radius 1 is 1.13 bits per heavy atom. The summed E-state index contributed by atoms with van der Waals surface area (Å²) in [6.07, 6.45) is 9.24. The number of carbonyl (C=O) groups is 2. The Balaban J connectivity index is 1.88. The predicted molar refractivity (Wildman–Crippen MR) is 91.5 cm³/mol. The number of carbonyl (C=O) groups excluding carboxylic acids is 2. The minimum Gasteiger partial charge on any atom is -0.278 e. The third-order valence-electron chi connectivity index (χ3n) is 5.21. The van der Waals surface area contributed by atoms with Gasteiger partial charge < -0.3 is 0 Å². The van der Waals surface area contributed by atoms with Crippen molar-refractivity contribution in [2.75, 3.05) is 6.54 Å². The monoisotopic (exact) mass is 311 g/mol. The lowest BCUT2D eigenvalue weighted by atomic mass is 9.77. The molecule has 1 aliphatic heterocycles. The van der Waals surface area contributed by atoms with Crippen molar-refractivity contribution >= 4 is 17.4 Å². The molecule has 1 atom stereocenters. The number of benzene rings is 1. The Hall–Kier alpha value is -1.90. The first-order valence-electron chi connectivity index (χ1n) is 8.74. The quantitative estimate of drug-likeness (QED) is 0.844. The molecule has 3 rings (SSSR count). The molecule has 1 aliphatic carbocycles. The lowest BCUT2D eigenvalue weighted by molar-refractivity contribution is -0.145. The zero-order valence-corrected chi connectivity index (χ0v) is 13.8. The highest BCUT2D eigenvalue weighted by Crippen LogP contribution is 2.37. The summed E-state index contributed by atoms with van der Waals surface area (Å²) in [5.41, 5.74) is 2.23. The highest BCUT2D eigenvalue weighted by molar-refractivity contribution is 6.03. The van der Waals surface area contributed by atoms with Crippen molar-refractivity contribution in [3.8, 4) is 0 Å². The molecule has 2 aliphatic rings. The van der Waals surface area contributed by atoms with E-state index in [9.17, 15) is 9.59 Å². The predicted octanol–water partition coefficient (Wildman–Crippen LogP) is 4.05.